The predicted molar refractivity (Wildman–Crippen MR) is 37.8 cm³/mol. The summed E-state index contributed by atoms with van der Waals surface area (Å²) in [6, 6.07) is 0. The van der Waals surface area contributed by atoms with Gasteiger partial charge in [0.1, 0.15) is 13.1 Å². The maximum Gasteiger partial charge on any atom is 0.140 e. The van der Waals surface area contributed by atoms with E-state index < -0.39 is 0 Å². The van der Waals surface area contributed by atoms with Crippen LogP contribution in [0.4, 0.5) is 0 Å². The Kier molecular flexibility index (Phi) is 7.65. The molecule has 0 unspecified atom stereocenters. The largest absolute Gasteiger partial charge is 1.00 e. The van der Waals surface area contributed by atoms with Crippen LogP contribution >= 0.6 is 0 Å². The summed E-state index contributed by atoms with van der Waals surface area (Å²) < 4.78 is 0.701. The van der Waals surface area contributed by atoms with Crippen LogP contribution in [-0.2, 0) is 0 Å². The van der Waals surface area contributed by atoms with Crippen LogP contribution in [0, 0.1) is 12.3 Å². The lowest BCUT2D eigenvalue weighted by Crippen LogP contribution is -3.00. The average Bonchev–Trinajstić information content (AvgIpc) is 1.64. The van der Waals surface area contributed by atoms with Gasteiger partial charge < -0.3 is 33.6 Å². The minimum absolute atomic E-state index is 0. The average molecular weight is 255 g/mol. The number of terminal acetylenes is 1. The second-order valence-electron chi connectivity index (χ2n) is 2.75. The molecule has 0 aliphatic heterocycles. The van der Waals surface area contributed by atoms with Crippen molar-refractivity contribution in [3.05, 3.63) is 0 Å². The summed E-state index contributed by atoms with van der Waals surface area (Å²) in [5.41, 5.74) is 0. The van der Waals surface area contributed by atoms with Crippen LogP contribution in [0.2, 0.25) is 0 Å². The van der Waals surface area contributed by atoms with Crippen molar-refractivity contribution in [1.82, 2.24) is 0 Å². The molecule has 0 rings (SSSR count). The van der Waals surface area contributed by atoms with Gasteiger partial charge in [0, 0.05) is 0 Å². The monoisotopic (exact) mass is 255 g/mol. The molecule has 0 heterocycles. The zero-order valence-corrected chi connectivity index (χ0v) is 8.63. The minimum Gasteiger partial charge on any atom is -1.00 e. The van der Waals surface area contributed by atoms with E-state index in [-0.39, 0.29) is 30.6 Å². The molecule has 0 bridgehead atoms. The highest BCUT2D eigenvalue weighted by molar-refractivity contribution is 4.82. The van der Waals surface area contributed by atoms with E-state index >= 15 is 0 Å². The van der Waals surface area contributed by atoms with Gasteiger partial charge in [-0.15, -0.1) is 6.42 Å². The molecule has 2 nitrogen and oxygen atoms in total. The molecular formula is C7H14INO. The van der Waals surface area contributed by atoms with Crippen molar-refractivity contribution >= 4 is 0 Å². The number of hydrogen-bond acceptors (Lipinski definition) is 1. The Balaban J connectivity index is 0. The van der Waals surface area contributed by atoms with Gasteiger partial charge in [-0.05, 0) is 5.92 Å². The molecule has 0 aliphatic carbocycles. The number of likely N-dealkylation sites (N-methyl/N-ethyl adjacent to an activating group) is 1. The van der Waals surface area contributed by atoms with Crippen LogP contribution in [0.15, 0.2) is 0 Å². The molecule has 3 heteroatoms. The highest BCUT2D eigenvalue weighted by Crippen LogP contribution is 1.92. The Bertz CT molecular complexity index is 117. The molecule has 0 amide bonds. The number of quaternary nitrogens is 1. The Morgan fingerprint density at radius 3 is 2.30 bits per heavy atom. The van der Waals surface area contributed by atoms with Crippen molar-refractivity contribution in [2.24, 2.45) is 0 Å². The number of halogens is 1. The van der Waals surface area contributed by atoms with E-state index in [4.69, 9.17) is 11.5 Å². The third-order valence-corrected chi connectivity index (χ3v) is 1.22. The van der Waals surface area contributed by atoms with Gasteiger partial charge in [0.2, 0.25) is 0 Å². The molecule has 0 aromatic rings. The third-order valence-electron chi connectivity index (χ3n) is 1.22. The number of nitrogens with zero attached hydrogens (tertiary/aromatic N) is 1. The Morgan fingerprint density at radius 1 is 1.50 bits per heavy atom. The fourth-order valence-electron chi connectivity index (χ4n) is 0.597. The molecular weight excluding hydrogens is 241 g/mol. The Morgan fingerprint density at radius 2 is 2.00 bits per heavy atom. The molecule has 0 atom stereocenters. The van der Waals surface area contributed by atoms with E-state index in [1.807, 2.05) is 14.1 Å². The van der Waals surface area contributed by atoms with E-state index in [1.54, 1.807) is 0 Å². The van der Waals surface area contributed by atoms with Gasteiger partial charge in [-0.1, -0.05) is 0 Å². The van der Waals surface area contributed by atoms with Crippen molar-refractivity contribution in [1.29, 1.82) is 0 Å². The van der Waals surface area contributed by atoms with E-state index in [0.717, 1.165) is 6.54 Å². The van der Waals surface area contributed by atoms with E-state index in [9.17, 15) is 0 Å². The van der Waals surface area contributed by atoms with E-state index in [2.05, 4.69) is 5.92 Å². The number of aliphatic hydroxyl groups is 1. The first-order valence-corrected chi connectivity index (χ1v) is 2.99. The summed E-state index contributed by atoms with van der Waals surface area (Å²) >= 11 is 0. The van der Waals surface area contributed by atoms with Crippen LogP contribution < -0.4 is 24.0 Å². The molecule has 0 aromatic carbocycles. The normalized spacial score (nSPS) is 9.80. The maximum atomic E-state index is 8.54. The van der Waals surface area contributed by atoms with Crippen LogP contribution in [-0.4, -0.2) is 43.4 Å². The van der Waals surface area contributed by atoms with Crippen molar-refractivity contribution in [3.8, 4) is 12.3 Å². The summed E-state index contributed by atoms with van der Waals surface area (Å²) in [5, 5.41) is 8.54. The minimum atomic E-state index is 0. The second kappa shape index (κ2) is 5.96. The molecule has 0 radical (unpaired) electrons. The third kappa shape index (κ3) is 6.33. The molecule has 0 saturated heterocycles. The first-order valence-electron chi connectivity index (χ1n) is 2.99. The lowest BCUT2D eigenvalue weighted by molar-refractivity contribution is -0.883. The van der Waals surface area contributed by atoms with Crippen LogP contribution in [0.25, 0.3) is 0 Å². The van der Waals surface area contributed by atoms with Crippen molar-refractivity contribution < 1.29 is 33.6 Å². The molecule has 0 saturated carbocycles. The van der Waals surface area contributed by atoms with Gasteiger partial charge in [0.15, 0.2) is 0 Å². The molecule has 0 aliphatic rings. The second-order valence-corrected chi connectivity index (χ2v) is 2.75. The Hall–Kier alpha value is 0.210. The number of hydrogen-bond donors (Lipinski definition) is 1. The van der Waals surface area contributed by atoms with Crippen molar-refractivity contribution in [2.45, 2.75) is 0 Å². The first-order chi connectivity index (χ1) is 4.12. The van der Waals surface area contributed by atoms with Crippen LogP contribution in [0.1, 0.15) is 0 Å². The maximum absolute atomic E-state index is 8.54. The lowest BCUT2D eigenvalue weighted by Gasteiger charge is -2.25. The van der Waals surface area contributed by atoms with Gasteiger partial charge in [-0.25, -0.2) is 0 Å². The number of aliphatic hydroxyl groups excluding tert-OH is 1. The fraction of sp³-hybridized carbons (Fsp3) is 0.714. The highest BCUT2D eigenvalue weighted by atomic mass is 127. The quantitative estimate of drug-likeness (QED) is 0.318. The van der Waals surface area contributed by atoms with Gasteiger partial charge in [0.25, 0.3) is 0 Å². The summed E-state index contributed by atoms with van der Waals surface area (Å²) in [6.07, 6.45) is 5.10. The van der Waals surface area contributed by atoms with Gasteiger partial charge in [0.05, 0.1) is 20.7 Å². The summed E-state index contributed by atoms with van der Waals surface area (Å²) in [7, 11) is 3.99. The molecule has 60 valence electrons. The fourth-order valence-corrected chi connectivity index (χ4v) is 0.597. The number of rotatable bonds is 3. The predicted octanol–water partition coefficient (Wildman–Crippen LogP) is -3.31. The molecule has 10 heavy (non-hydrogen) atoms. The van der Waals surface area contributed by atoms with Gasteiger partial charge in [-0.2, -0.15) is 0 Å². The standard InChI is InChI=1S/C7H14NO.HI/c1-4-5-8(2,3)6-7-9;/h1,9H,5-7H2,2-3H3;1H/q+1;/p-1. The van der Waals surface area contributed by atoms with E-state index in [0.29, 0.717) is 11.0 Å². The SMILES string of the molecule is C#CC[N+](C)(C)CCO.[I-]. The first kappa shape index (κ1) is 12.8. The smallest absolute Gasteiger partial charge is 0.140 e. The molecule has 0 aromatic heterocycles. The molecule has 1 N–H and O–H groups in total. The van der Waals surface area contributed by atoms with Crippen LogP contribution in [0.3, 0.4) is 0 Å². The summed E-state index contributed by atoms with van der Waals surface area (Å²) in [5.74, 6) is 2.55. The van der Waals surface area contributed by atoms with Crippen molar-refractivity contribution in [2.75, 3.05) is 33.8 Å². The summed E-state index contributed by atoms with van der Waals surface area (Å²) in [6.45, 7) is 1.61. The topological polar surface area (TPSA) is 20.2 Å². The van der Waals surface area contributed by atoms with Gasteiger partial charge in [-0.3, -0.25) is 0 Å². The molecule has 0 fully saturated rings. The summed E-state index contributed by atoms with van der Waals surface area (Å²) in [4.78, 5) is 0. The van der Waals surface area contributed by atoms with E-state index in [1.165, 1.54) is 0 Å². The Labute approximate surface area is 79.8 Å². The zero-order chi connectivity index (χ0) is 7.33. The van der Waals surface area contributed by atoms with Crippen LogP contribution in [0.5, 0.6) is 0 Å². The highest BCUT2D eigenvalue weighted by Gasteiger charge is 2.10. The lowest BCUT2D eigenvalue weighted by atomic mass is 10.4. The zero-order valence-electron chi connectivity index (χ0n) is 6.47. The van der Waals surface area contributed by atoms with Crippen molar-refractivity contribution in [3.63, 3.8) is 0 Å². The molecule has 0 spiro atoms. The van der Waals surface area contributed by atoms with Gasteiger partial charge >= 0.3 is 0 Å².